The molecule has 6 nitrogen and oxygen atoms in total. The van der Waals surface area contributed by atoms with Gasteiger partial charge in [0.05, 0.1) is 12.2 Å². The maximum absolute atomic E-state index is 12.2. The molecule has 1 amide bonds. The second kappa shape index (κ2) is 7.00. The minimum Gasteiger partial charge on any atom is -0.453 e. The molecule has 1 heterocycles. The number of sulfone groups is 1. The highest BCUT2D eigenvalue weighted by molar-refractivity contribution is 7.94. The largest absolute Gasteiger partial charge is 0.453 e. The number of carbonyl (C=O) groups is 2. The van der Waals surface area contributed by atoms with Crippen molar-refractivity contribution in [1.29, 1.82) is 0 Å². The van der Waals surface area contributed by atoms with E-state index in [4.69, 9.17) is 4.74 Å². The first-order chi connectivity index (χ1) is 11.8. The zero-order valence-electron chi connectivity index (χ0n) is 14.0. The Morgan fingerprint density at radius 2 is 2.04 bits per heavy atom. The van der Waals surface area contributed by atoms with Gasteiger partial charge in [0.1, 0.15) is 0 Å². The fraction of sp³-hybridized carbons (Fsp3) is 0.444. The Labute approximate surface area is 147 Å². The van der Waals surface area contributed by atoms with Crippen LogP contribution in [0.3, 0.4) is 0 Å². The number of nitrogens with one attached hydrogen (secondary N) is 1. The SMILES string of the molecule is C[C@@H](OC(=O)C[C@H]1C=CS(=O)(=O)C1)C(=O)Nc1ccc2c(c1)CCC2. The van der Waals surface area contributed by atoms with Crippen LogP contribution in [-0.4, -0.2) is 32.2 Å². The fourth-order valence-electron chi connectivity index (χ4n) is 3.17. The van der Waals surface area contributed by atoms with Gasteiger partial charge < -0.3 is 10.1 Å². The van der Waals surface area contributed by atoms with Crippen LogP contribution in [0.1, 0.15) is 30.9 Å². The van der Waals surface area contributed by atoms with Crippen molar-refractivity contribution in [1.82, 2.24) is 0 Å². The van der Waals surface area contributed by atoms with Gasteiger partial charge >= 0.3 is 5.97 Å². The summed E-state index contributed by atoms with van der Waals surface area (Å²) in [6, 6.07) is 5.83. The normalized spacial score (nSPS) is 21.6. The Kier molecular flexibility index (Phi) is 4.94. The van der Waals surface area contributed by atoms with Crippen LogP contribution in [0.4, 0.5) is 5.69 Å². The average Bonchev–Trinajstić information content (AvgIpc) is 3.12. The molecular weight excluding hydrogens is 342 g/mol. The lowest BCUT2D eigenvalue weighted by atomic mass is 10.1. The maximum Gasteiger partial charge on any atom is 0.307 e. The predicted molar refractivity (Wildman–Crippen MR) is 93.7 cm³/mol. The van der Waals surface area contributed by atoms with Crippen molar-refractivity contribution >= 4 is 27.4 Å². The van der Waals surface area contributed by atoms with Crippen molar-refractivity contribution in [2.45, 2.75) is 38.7 Å². The van der Waals surface area contributed by atoms with Crippen molar-refractivity contribution in [2.24, 2.45) is 5.92 Å². The highest BCUT2D eigenvalue weighted by atomic mass is 32.2. The number of ether oxygens (including phenoxy) is 1. The highest BCUT2D eigenvalue weighted by Crippen LogP contribution is 2.25. The van der Waals surface area contributed by atoms with Crippen molar-refractivity contribution in [2.75, 3.05) is 11.1 Å². The molecule has 2 atom stereocenters. The number of amides is 1. The molecule has 1 aromatic rings. The molecule has 0 saturated carbocycles. The van der Waals surface area contributed by atoms with Crippen LogP contribution in [0, 0.1) is 5.92 Å². The molecule has 0 spiro atoms. The minimum atomic E-state index is -3.20. The van der Waals surface area contributed by atoms with Crippen LogP contribution >= 0.6 is 0 Å². The van der Waals surface area contributed by atoms with Gasteiger partial charge in [-0.25, -0.2) is 8.42 Å². The van der Waals surface area contributed by atoms with E-state index >= 15 is 0 Å². The van der Waals surface area contributed by atoms with E-state index in [1.54, 1.807) is 0 Å². The number of hydrogen-bond acceptors (Lipinski definition) is 5. The summed E-state index contributed by atoms with van der Waals surface area (Å²) in [5.74, 6) is -1.45. The van der Waals surface area contributed by atoms with Gasteiger partial charge in [-0.3, -0.25) is 9.59 Å². The molecule has 1 N–H and O–H groups in total. The molecule has 25 heavy (non-hydrogen) atoms. The van der Waals surface area contributed by atoms with Gasteiger partial charge in [0, 0.05) is 17.0 Å². The third-order valence-corrected chi connectivity index (χ3v) is 5.94. The van der Waals surface area contributed by atoms with Gasteiger partial charge in [0.15, 0.2) is 15.9 Å². The third kappa shape index (κ3) is 4.48. The fourth-order valence-corrected chi connectivity index (χ4v) is 4.57. The zero-order chi connectivity index (χ0) is 18.0. The number of aryl methyl sites for hydroxylation is 2. The average molecular weight is 363 g/mol. The number of allylic oxidation sites excluding steroid dienone is 1. The molecule has 1 aliphatic heterocycles. The molecule has 134 valence electrons. The number of esters is 1. The van der Waals surface area contributed by atoms with Gasteiger partial charge in [0.2, 0.25) is 0 Å². The molecule has 0 unspecified atom stereocenters. The summed E-state index contributed by atoms with van der Waals surface area (Å²) in [5.41, 5.74) is 3.26. The number of carbonyl (C=O) groups excluding carboxylic acids is 2. The third-order valence-electron chi connectivity index (χ3n) is 4.48. The topological polar surface area (TPSA) is 89.5 Å². The molecule has 0 fully saturated rings. The van der Waals surface area contributed by atoms with E-state index in [0.29, 0.717) is 5.69 Å². The van der Waals surface area contributed by atoms with E-state index in [2.05, 4.69) is 5.32 Å². The molecule has 2 aliphatic rings. The van der Waals surface area contributed by atoms with Crippen LogP contribution in [0.5, 0.6) is 0 Å². The quantitative estimate of drug-likeness (QED) is 0.808. The standard InChI is InChI=1S/C18H21NO5S/c1-12(24-17(20)9-13-7-8-25(22,23)11-13)18(21)19-16-6-5-14-3-2-4-15(14)10-16/h5-8,10,12-13H,2-4,9,11H2,1H3,(H,19,21)/t12-,13-/m1/s1. The molecule has 3 rings (SSSR count). The zero-order valence-corrected chi connectivity index (χ0v) is 14.8. The summed E-state index contributed by atoms with van der Waals surface area (Å²) in [5, 5.41) is 3.88. The molecule has 0 radical (unpaired) electrons. The Balaban J connectivity index is 1.50. The van der Waals surface area contributed by atoms with Gasteiger partial charge in [0.25, 0.3) is 5.91 Å². The Morgan fingerprint density at radius 3 is 2.76 bits per heavy atom. The number of rotatable bonds is 5. The van der Waals surface area contributed by atoms with Gasteiger partial charge in [-0.05, 0) is 49.4 Å². The van der Waals surface area contributed by atoms with Crippen LogP contribution in [0.25, 0.3) is 0 Å². The van der Waals surface area contributed by atoms with Crippen LogP contribution < -0.4 is 5.32 Å². The lowest BCUT2D eigenvalue weighted by molar-refractivity contribution is -0.153. The second-order valence-corrected chi connectivity index (χ2v) is 8.51. The summed E-state index contributed by atoms with van der Waals surface area (Å²) in [6.07, 6.45) is 3.72. The van der Waals surface area contributed by atoms with E-state index in [0.717, 1.165) is 24.7 Å². The first-order valence-corrected chi connectivity index (χ1v) is 10.1. The molecule has 1 aliphatic carbocycles. The Bertz CT molecular complexity index is 828. The Hall–Kier alpha value is -2.15. The van der Waals surface area contributed by atoms with Gasteiger partial charge in [-0.15, -0.1) is 0 Å². The van der Waals surface area contributed by atoms with Crippen molar-refractivity contribution in [3.05, 3.63) is 40.8 Å². The van der Waals surface area contributed by atoms with E-state index < -0.39 is 27.8 Å². The number of fused-ring (bicyclic) bond motifs is 1. The summed E-state index contributed by atoms with van der Waals surface area (Å²) in [6.45, 7) is 1.50. The van der Waals surface area contributed by atoms with Crippen molar-refractivity contribution in [3.63, 3.8) is 0 Å². The maximum atomic E-state index is 12.2. The molecule has 0 aromatic heterocycles. The number of anilines is 1. The summed E-state index contributed by atoms with van der Waals surface area (Å²) in [4.78, 5) is 24.1. The van der Waals surface area contributed by atoms with Crippen LogP contribution in [-0.2, 0) is 37.0 Å². The van der Waals surface area contributed by atoms with Crippen molar-refractivity contribution < 1.29 is 22.7 Å². The summed E-state index contributed by atoms with van der Waals surface area (Å²) < 4.78 is 27.8. The first kappa shape index (κ1) is 17.7. The molecule has 0 bridgehead atoms. The van der Waals surface area contributed by atoms with Crippen molar-refractivity contribution in [3.8, 4) is 0 Å². The lowest BCUT2D eigenvalue weighted by Gasteiger charge is -2.15. The monoisotopic (exact) mass is 363 g/mol. The van der Waals surface area contributed by atoms with E-state index in [1.165, 1.54) is 24.1 Å². The molecule has 0 saturated heterocycles. The molecule has 7 heteroatoms. The van der Waals surface area contributed by atoms with E-state index in [9.17, 15) is 18.0 Å². The predicted octanol–water partition coefficient (Wildman–Crippen LogP) is 1.99. The van der Waals surface area contributed by atoms with E-state index in [1.807, 2.05) is 18.2 Å². The Morgan fingerprint density at radius 1 is 1.28 bits per heavy atom. The van der Waals surface area contributed by atoms with Gasteiger partial charge in [-0.1, -0.05) is 12.1 Å². The summed E-state index contributed by atoms with van der Waals surface area (Å²) in [7, 11) is -3.20. The van der Waals surface area contributed by atoms with Crippen LogP contribution in [0.15, 0.2) is 29.7 Å². The van der Waals surface area contributed by atoms with Crippen LogP contribution in [0.2, 0.25) is 0 Å². The number of benzene rings is 1. The molecular formula is C18H21NO5S. The number of hydrogen-bond donors (Lipinski definition) is 1. The first-order valence-electron chi connectivity index (χ1n) is 8.35. The summed E-state index contributed by atoms with van der Waals surface area (Å²) >= 11 is 0. The minimum absolute atomic E-state index is 0.0494. The van der Waals surface area contributed by atoms with E-state index in [-0.39, 0.29) is 18.1 Å². The second-order valence-electron chi connectivity index (χ2n) is 6.58. The smallest absolute Gasteiger partial charge is 0.307 e. The molecule has 1 aromatic carbocycles. The highest BCUT2D eigenvalue weighted by Gasteiger charge is 2.26. The van der Waals surface area contributed by atoms with Gasteiger partial charge in [-0.2, -0.15) is 0 Å². The lowest BCUT2D eigenvalue weighted by Crippen LogP contribution is -2.30.